The Morgan fingerprint density at radius 3 is 2.76 bits per heavy atom. The van der Waals surface area contributed by atoms with Crippen molar-refractivity contribution in [1.29, 1.82) is 0 Å². The van der Waals surface area contributed by atoms with E-state index in [0.717, 1.165) is 12.8 Å². The van der Waals surface area contributed by atoms with Crippen molar-refractivity contribution in [2.45, 2.75) is 62.3 Å². The largest absolute Gasteiger partial charge is 0.390 e. The lowest BCUT2D eigenvalue weighted by Gasteiger charge is -2.28. The molecule has 1 aliphatic heterocycles. The van der Waals surface area contributed by atoms with Crippen LogP contribution in [0.3, 0.4) is 0 Å². The Balaban J connectivity index is 1.88. The lowest BCUT2D eigenvalue weighted by molar-refractivity contribution is 0.0957. The number of aromatic nitrogens is 1. The van der Waals surface area contributed by atoms with E-state index in [1.54, 1.807) is 12.3 Å². The van der Waals surface area contributed by atoms with Crippen molar-refractivity contribution in [3.63, 3.8) is 0 Å². The fourth-order valence-corrected chi connectivity index (χ4v) is 4.34. The number of hydrogen-bond donors (Lipinski definition) is 2. The molecule has 2 atom stereocenters. The van der Waals surface area contributed by atoms with Crippen LogP contribution in [0.2, 0.25) is 0 Å². The Kier molecular flexibility index (Phi) is 3.64. The van der Waals surface area contributed by atoms with Gasteiger partial charge in [-0.25, -0.2) is 13.1 Å². The third-order valence-corrected chi connectivity index (χ3v) is 6.15. The summed E-state index contributed by atoms with van der Waals surface area (Å²) < 4.78 is 35.3. The lowest BCUT2D eigenvalue weighted by atomic mass is 9.97. The molecule has 0 radical (unpaired) electrons. The van der Waals surface area contributed by atoms with Crippen LogP contribution in [0.25, 0.3) is 0 Å². The minimum atomic E-state index is -3.61. The molecule has 0 aromatic carbocycles. The maximum atomic E-state index is 12.6. The molecule has 2 N–H and O–H groups in total. The van der Waals surface area contributed by atoms with Crippen molar-refractivity contribution in [1.82, 2.24) is 9.29 Å². The number of rotatable bonds is 5. The molecular formula is C14H22N2O4S. The second-order valence-corrected chi connectivity index (χ2v) is 7.93. The molecule has 6 nitrogen and oxygen atoms in total. The SMILES string of the molecule is CC1OCCC1(C)NS(=O)(=O)c1cc(CO)n(C2CC2)c1. The van der Waals surface area contributed by atoms with Crippen molar-refractivity contribution in [2.24, 2.45) is 0 Å². The van der Waals surface area contributed by atoms with Gasteiger partial charge in [0.25, 0.3) is 0 Å². The molecule has 2 aliphatic rings. The van der Waals surface area contributed by atoms with E-state index in [4.69, 9.17) is 4.74 Å². The number of sulfonamides is 1. The average Bonchev–Trinajstić information content (AvgIpc) is 3.07. The van der Waals surface area contributed by atoms with E-state index >= 15 is 0 Å². The summed E-state index contributed by atoms with van der Waals surface area (Å²) in [6, 6.07) is 1.89. The quantitative estimate of drug-likeness (QED) is 0.854. The first-order valence-electron chi connectivity index (χ1n) is 7.33. The molecule has 0 amide bonds. The highest BCUT2D eigenvalue weighted by Gasteiger charge is 2.41. The molecule has 1 saturated heterocycles. The van der Waals surface area contributed by atoms with Gasteiger partial charge in [-0.3, -0.25) is 0 Å². The van der Waals surface area contributed by atoms with E-state index in [0.29, 0.717) is 24.8 Å². The van der Waals surface area contributed by atoms with Crippen molar-refractivity contribution < 1.29 is 18.3 Å². The summed E-state index contributed by atoms with van der Waals surface area (Å²) in [7, 11) is -3.61. The Hall–Kier alpha value is -0.890. The smallest absolute Gasteiger partial charge is 0.242 e. The summed E-state index contributed by atoms with van der Waals surface area (Å²) in [5, 5.41) is 9.40. The maximum Gasteiger partial charge on any atom is 0.242 e. The highest BCUT2D eigenvalue weighted by Crippen LogP contribution is 2.37. The summed E-state index contributed by atoms with van der Waals surface area (Å²) in [4.78, 5) is 0.221. The number of nitrogens with one attached hydrogen (secondary N) is 1. The lowest BCUT2D eigenvalue weighted by Crippen LogP contribution is -2.50. The number of aliphatic hydroxyl groups is 1. The standard InChI is InChI=1S/C14H22N2O4S/c1-10-14(2,5-6-20-10)15-21(18,19)13-7-12(9-17)16(8-13)11-3-4-11/h7-8,10-11,15,17H,3-6,9H2,1-2H3. The first-order valence-corrected chi connectivity index (χ1v) is 8.81. The summed E-state index contributed by atoms with van der Waals surface area (Å²) in [5.41, 5.74) is 0.0682. The van der Waals surface area contributed by atoms with Crippen molar-refractivity contribution in [3.8, 4) is 0 Å². The zero-order valence-electron chi connectivity index (χ0n) is 12.4. The molecule has 0 spiro atoms. The number of nitrogens with zero attached hydrogens (tertiary/aromatic N) is 1. The van der Waals surface area contributed by atoms with E-state index < -0.39 is 15.6 Å². The second kappa shape index (κ2) is 5.08. The third kappa shape index (κ3) is 2.75. The zero-order valence-corrected chi connectivity index (χ0v) is 13.2. The molecule has 118 valence electrons. The fourth-order valence-electron chi connectivity index (χ4n) is 2.80. The molecule has 1 aromatic heterocycles. The predicted octanol–water partition coefficient (Wildman–Crippen LogP) is 1.16. The topological polar surface area (TPSA) is 80.6 Å². The molecule has 1 aliphatic carbocycles. The van der Waals surface area contributed by atoms with Crippen LogP contribution >= 0.6 is 0 Å². The van der Waals surface area contributed by atoms with Gasteiger partial charge < -0.3 is 14.4 Å². The van der Waals surface area contributed by atoms with Crippen LogP contribution in [-0.4, -0.2) is 36.3 Å². The monoisotopic (exact) mass is 314 g/mol. The van der Waals surface area contributed by atoms with E-state index in [1.807, 2.05) is 18.4 Å². The Morgan fingerprint density at radius 1 is 1.52 bits per heavy atom. The van der Waals surface area contributed by atoms with E-state index in [9.17, 15) is 13.5 Å². The number of hydrogen-bond acceptors (Lipinski definition) is 4. The van der Waals surface area contributed by atoms with Gasteiger partial charge in [-0.1, -0.05) is 0 Å². The Bertz CT molecular complexity index is 635. The van der Waals surface area contributed by atoms with Gasteiger partial charge in [0, 0.05) is 24.5 Å². The third-order valence-electron chi connectivity index (χ3n) is 4.57. The zero-order chi connectivity index (χ0) is 15.3. The van der Waals surface area contributed by atoms with Crippen LogP contribution in [0.15, 0.2) is 17.2 Å². The normalized spacial score (nSPS) is 30.0. The highest BCUT2D eigenvalue weighted by molar-refractivity contribution is 7.89. The minimum Gasteiger partial charge on any atom is -0.390 e. The van der Waals surface area contributed by atoms with Crippen molar-refractivity contribution in [2.75, 3.05) is 6.61 Å². The van der Waals surface area contributed by atoms with Crippen LogP contribution in [-0.2, 0) is 21.4 Å². The molecule has 0 bridgehead atoms. The molecule has 1 aromatic rings. The highest BCUT2D eigenvalue weighted by atomic mass is 32.2. The Labute approximate surface area is 125 Å². The van der Waals surface area contributed by atoms with Gasteiger partial charge >= 0.3 is 0 Å². The summed E-state index contributed by atoms with van der Waals surface area (Å²) in [6.07, 6.45) is 4.21. The maximum absolute atomic E-state index is 12.6. The first kappa shape index (κ1) is 15.0. The molecule has 2 unspecified atom stereocenters. The molecule has 1 saturated carbocycles. The summed E-state index contributed by atoms with van der Waals surface area (Å²) in [5.74, 6) is 0. The van der Waals surface area contributed by atoms with Gasteiger partial charge in [0.15, 0.2) is 0 Å². The number of aliphatic hydroxyl groups excluding tert-OH is 1. The molecule has 3 rings (SSSR count). The van der Waals surface area contributed by atoms with Crippen molar-refractivity contribution in [3.05, 3.63) is 18.0 Å². The fraction of sp³-hybridized carbons (Fsp3) is 0.714. The van der Waals surface area contributed by atoms with Crippen molar-refractivity contribution >= 4 is 10.0 Å². The van der Waals surface area contributed by atoms with Crippen LogP contribution in [0.1, 0.15) is 44.8 Å². The van der Waals surface area contributed by atoms with Gasteiger partial charge in [0.2, 0.25) is 10.0 Å². The molecule has 2 heterocycles. The van der Waals surface area contributed by atoms with Crippen LogP contribution in [0.5, 0.6) is 0 Å². The van der Waals surface area contributed by atoms with Gasteiger partial charge in [0.05, 0.1) is 18.2 Å². The Morgan fingerprint density at radius 2 is 2.24 bits per heavy atom. The van der Waals surface area contributed by atoms with Gasteiger partial charge in [-0.15, -0.1) is 0 Å². The minimum absolute atomic E-state index is 0.150. The second-order valence-electron chi connectivity index (χ2n) is 6.25. The first-order chi connectivity index (χ1) is 9.86. The molecule has 2 fully saturated rings. The summed E-state index contributed by atoms with van der Waals surface area (Å²) in [6.45, 7) is 4.16. The predicted molar refractivity (Wildman–Crippen MR) is 77.4 cm³/mol. The van der Waals surface area contributed by atoms with E-state index in [2.05, 4.69) is 4.72 Å². The number of ether oxygens (including phenoxy) is 1. The molecule has 7 heteroatoms. The van der Waals surface area contributed by atoms with Crippen LogP contribution in [0.4, 0.5) is 0 Å². The van der Waals surface area contributed by atoms with Gasteiger partial charge in [-0.05, 0) is 39.2 Å². The van der Waals surface area contributed by atoms with E-state index in [-0.39, 0.29) is 17.6 Å². The average molecular weight is 314 g/mol. The van der Waals surface area contributed by atoms with E-state index in [1.165, 1.54) is 0 Å². The summed E-state index contributed by atoms with van der Waals surface area (Å²) >= 11 is 0. The van der Waals surface area contributed by atoms with Crippen LogP contribution in [0, 0.1) is 0 Å². The molecule has 21 heavy (non-hydrogen) atoms. The van der Waals surface area contributed by atoms with Gasteiger partial charge in [0.1, 0.15) is 4.90 Å². The van der Waals surface area contributed by atoms with Crippen LogP contribution < -0.4 is 4.72 Å². The molecular weight excluding hydrogens is 292 g/mol. The van der Waals surface area contributed by atoms with Gasteiger partial charge in [-0.2, -0.15) is 0 Å².